The van der Waals surface area contributed by atoms with Crippen molar-refractivity contribution >= 4 is 27.0 Å². The van der Waals surface area contributed by atoms with Crippen LogP contribution in [-0.4, -0.2) is 16.1 Å². The molecule has 4 heteroatoms. The number of unbranched alkanes of at least 4 members (excludes halogenated alkanes) is 2. The standard InChI is InChI=1S/C15H20BrN3/c16-11-5-8-14-13(10-11)18-15(4-2-1-3-9-17)19(14)12-6-7-12/h5,8,10,12H,1-4,6-7,9,17H2. The second-order valence-corrected chi connectivity index (χ2v) is 6.28. The van der Waals surface area contributed by atoms with Gasteiger partial charge < -0.3 is 10.3 Å². The SMILES string of the molecule is NCCCCCc1nc2cc(Br)ccc2n1C1CC1. The lowest BCUT2D eigenvalue weighted by atomic mass is 10.2. The van der Waals surface area contributed by atoms with Gasteiger partial charge in [0, 0.05) is 16.9 Å². The summed E-state index contributed by atoms with van der Waals surface area (Å²) in [6, 6.07) is 7.11. The van der Waals surface area contributed by atoms with Crippen molar-refractivity contribution in [2.45, 2.75) is 44.6 Å². The van der Waals surface area contributed by atoms with Crippen LogP contribution in [0.15, 0.2) is 22.7 Å². The Balaban J connectivity index is 1.87. The van der Waals surface area contributed by atoms with Crippen LogP contribution in [0.1, 0.15) is 44.0 Å². The normalized spacial score (nSPS) is 15.3. The molecule has 0 amide bonds. The fourth-order valence-corrected chi connectivity index (χ4v) is 2.99. The van der Waals surface area contributed by atoms with Crippen LogP contribution in [0.5, 0.6) is 0 Å². The van der Waals surface area contributed by atoms with E-state index in [0.29, 0.717) is 6.04 Å². The van der Waals surface area contributed by atoms with E-state index in [2.05, 4.69) is 38.7 Å². The first kappa shape index (κ1) is 13.1. The van der Waals surface area contributed by atoms with Crippen LogP contribution in [0, 0.1) is 0 Å². The van der Waals surface area contributed by atoms with Crippen LogP contribution < -0.4 is 5.73 Å². The van der Waals surface area contributed by atoms with Crippen LogP contribution in [0.3, 0.4) is 0 Å². The topological polar surface area (TPSA) is 43.8 Å². The lowest BCUT2D eigenvalue weighted by Crippen LogP contribution is -2.03. The molecule has 1 aromatic carbocycles. The second-order valence-electron chi connectivity index (χ2n) is 5.36. The number of hydrogen-bond donors (Lipinski definition) is 1. The van der Waals surface area contributed by atoms with Crippen LogP contribution in [0.25, 0.3) is 11.0 Å². The van der Waals surface area contributed by atoms with E-state index in [1.165, 1.54) is 37.0 Å². The molecule has 1 fully saturated rings. The quantitative estimate of drug-likeness (QED) is 0.822. The molecule has 0 radical (unpaired) electrons. The number of benzene rings is 1. The number of aryl methyl sites for hydroxylation is 1. The third kappa shape index (κ3) is 2.84. The van der Waals surface area contributed by atoms with E-state index in [-0.39, 0.29) is 0 Å². The molecule has 0 atom stereocenters. The van der Waals surface area contributed by atoms with Crippen molar-refractivity contribution in [2.75, 3.05) is 6.54 Å². The molecule has 1 saturated carbocycles. The molecule has 0 spiro atoms. The first-order chi connectivity index (χ1) is 9.29. The smallest absolute Gasteiger partial charge is 0.110 e. The molecule has 2 N–H and O–H groups in total. The zero-order chi connectivity index (χ0) is 13.2. The van der Waals surface area contributed by atoms with Crippen molar-refractivity contribution in [3.05, 3.63) is 28.5 Å². The predicted molar refractivity (Wildman–Crippen MR) is 82.3 cm³/mol. The Labute approximate surface area is 122 Å². The van der Waals surface area contributed by atoms with Gasteiger partial charge in [-0.2, -0.15) is 0 Å². The summed E-state index contributed by atoms with van der Waals surface area (Å²) >= 11 is 3.53. The van der Waals surface area contributed by atoms with E-state index in [1.54, 1.807) is 0 Å². The van der Waals surface area contributed by atoms with Gasteiger partial charge in [0.25, 0.3) is 0 Å². The van der Waals surface area contributed by atoms with Crippen LogP contribution >= 0.6 is 15.9 Å². The Hall–Kier alpha value is -0.870. The lowest BCUT2D eigenvalue weighted by Gasteiger charge is -2.07. The summed E-state index contributed by atoms with van der Waals surface area (Å²) in [5.41, 5.74) is 7.96. The minimum Gasteiger partial charge on any atom is -0.330 e. The molecule has 0 unspecified atom stereocenters. The zero-order valence-corrected chi connectivity index (χ0v) is 12.7. The lowest BCUT2D eigenvalue weighted by molar-refractivity contribution is 0.631. The summed E-state index contributed by atoms with van der Waals surface area (Å²) in [5.74, 6) is 1.26. The maximum Gasteiger partial charge on any atom is 0.110 e. The van der Waals surface area contributed by atoms with E-state index >= 15 is 0 Å². The number of hydrogen-bond acceptors (Lipinski definition) is 2. The monoisotopic (exact) mass is 321 g/mol. The Morgan fingerprint density at radius 2 is 2.11 bits per heavy atom. The van der Waals surface area contributed by atoms with Crippen molar-refractivity contribution in [1.82, 2.24) is 9.55 Å². The van der Waals surface area contributed by atoms with Gasteiger partial charge >= 0.3 is 0 Å². The maximum atomic E-state index is 5.55. The molecule has 1 aliphatic carbocycles. The average molecular weight is 322 g/mol. The average Bonchev–Trinajstić information content (AvgIpc) is 3.16. The minimum atomic E-state index is 0.690. The summed E-state index contributed by atoms with van der Waals surface area (Å²) in [6.45, 7) is 0.798. The molecule has 0 bridgehead atoms. The van der Waals surface area contributed by atoms with Crippen molar-refractivity contribution in [3.63, 3.8) is 0 Å². The number of halogens is 1. The van der Waals surface area contributed by atoms with Crippen molar-refractivity contribution in [2.24, 2.45) is 5.73 Å². The molecule has 2 aromatic rings. The third-order valence-electron chi connectivity index (χ3n) is 3.74. The van der Waals surface area contributed by atoms with Crippen LogP contribution in [0.4, 0.5) is 0 Å². The highest BCUT2D eigenvalue weighted by molar-refractivity contribution is 9.10. The van der Waals surface area contributed by atoms with Gasteiger partial charge in [-0.15, -0.1) is 0 Å². The highest BCUT2D eigenvalue weighted by atomic mass is 79.9. The van der Waals surface area contributed by atoms with Gasteiger partial charge in [0.15, 0.2) is 0 Å². The van der Waals surface area contributed by atoms with Gasteiger partial charge in [-0.05, 0) is 50.4 Å². The number of aromatic nitrogens is 2. The summed E-state index contributed by atoms with van der Waals surface area (Å²) in [4.78, 5) is 4.83. The van der Waals surface area contributed by atoms with Crippen molar-refractivity contribution in [1.29, 1.82) is 0 Å². The first-order valence-electron chi connectivity index (χ1n) is 7.16. The second kappa shape index (κ2) is 5.63. The fourth-order valence-electron chi connectivity index (χ4n) is 2.64. The van der Waals surface area contributed by atoms with E-state index in [9.17, 15) is 0 Å². The number of imidazole rings is 1. The first-order valence-corrected chi connectivity index (χ1v) is 7.95. The Morgan fingerprint density at radius 1 is 1.26 bits per heavy atom. The summed E-state index contributed by atoms with van der Waals surface area (Å²) < 4.78 is 3.57. The molecule has 3 rings (SSSR count). The minimum absolute atomic E-state index is 0.690. The maximum absolute atomic E-state index is 5.55. The predicted octanol–water partition coefficient (Wildman–Crippen LogP) is 3.81. The van der Waals surface area contributed by atoms with Crippen LogP contribution in [0.2, 0.25) is 0 Å². The van der Waals surface area contributed by atoms with Gasteiger partial charge in [0.05, 0.1) is 11.0 Å². The number of fused-ring (bicyclic) bond motifs is 1. The molecule has 102 valence electrons. The molecule has 1 aliphatic rings. The number of rotatable bonds is 6. The number of nitrogens with two attached hydrogens (primary N) is 1. The van der Waals surface area contributed by atoms with Crippen molar-refractivity contribution < 1.29 is 0 Å². The summed E-state index contributed by atoms with van der Waals surface area (Å²) in [6.07, 6.45) is 7.19. The molecule has 3 nitrogen and oxygen atoms in total. The van der Waals surface area contributed by atoms with Crippen molar-refractivity contribution in [3.8, 4) is 0 Å². The largest absolute Gasteiger partial charge is 0.330 e. The van der Waals surface area contributed by atoms with Crippen LogP contribution in [-0.2, 0) is 6.42 Å². The molecule has 0 aliphatic heterocycles. The molecule has 1 heterocycles. The summed E-state index contributed by atoms with van der Waals surface area (Å²) in [7, 11) is 0. The van der Waals surface area contributed by atoms with Gasteiger partial charge in [0.1, 0.15) is 5.82 Å². The van der Waals surface area contributed by atoms with Gasteiger partial charge in [-0.1, -0.05) is 22.4 Å². The highest BCUT2D eigenvalue weighted by Crippen LogP contribution is 2.39. The molecule has 1 aromatic heterocycles. The van der Waals surface area contributed by atoms with Gasteiger partial charge in [-0.25, -0.2) is 4.98 Å². The van der Waals surface area contributed by atoms with E-state index in [1.807, 2.05) is 0 Å². The van der Waals surface area contributed by atoms with E-state index in [0.717, 1.165) is 29.4 Å². The molecular formula is C15H20BrN3. The molecule has 19 heavy (non-hydrogen) atoms. The Morgan fingerprint density at radius 3 is 2.84 bits per heavy atom. The van der Waals surface area contributed by atoms with Gasteiger partial charge in [0.2, 0.25) is 0 Å². The van der Waals surface area contributed by atoms with E-state index in [4.69, 9.17) is 10.7 Å². The number of nitrogens with zero attached hydrogens (tertiary/aromatic N) is 2. The highest BCUT2D eigenvalue weighted by Gasteiger charge is 2.27. The zero-order valence-electron chi connectivity index (χ0n) is 11.1. The Kier molecular flexibility index (Phi) is 3.89. The Bertz CT molecular complexity index is 572. The van der Waals surface area contributed by atoms with Gasteiger partial charge in [-0.3, -0.25) is 0 Å². The third-order valence-corrected chi connectivity index (χ3v) is 4.23. The summed E-state index contributed by atoms with van der Waals surface area (Å²) in [5, 5.41) is 0. The fraction of sp³-hybridized carbons (Fsp3) is 0.533. The molecular weight excluding hydrogens is 302 g/mol. The molecule has 0 saturated heterocycles. The van der Waals surface area contributed by atoms with E-state index < -0.39 is 0 Å².